The van der Waals surface area contributed by atoms with E-state index >= 15 is 0 Å². The van der Waals surface area contributed by atoms with Crippen molar-refractivity contribution < 1.29 is 8.42 Å². The fourth-order valence-electron chi connectivity index (χ4n) is 1.63. The molecule has 17 heavy (non-hydrogen) atoms. The number of hydrogen-bond donors (Lipinski definition) is 2. The summed E-state index contributed by atoms with van der Waals surface area (Å²) in [4.78, 5) is 0.336. The number of nitrogens with two attached hydrogens (primary N) is 1. The summed E-state index contributed by atoms with van der Waals surface area (Å²) in [5, 5.41) is 3.29. The zero-order valence-corrected chi connectivity index (χ0v) is 11.1. The van der Waals surface area contributed by atoms with Crippen LogP contribution in [0.3, 0.4) is 0 Å². The molecule has 3 N–H and O–H groups in total. The Labute approximate surface area is 103 Å². The van der Waals surface area contributed by atoms with Crippen LogP contribution in [0.4, 0.5) is 5.69 Å². The molecule has 1 unspecified atom stereocenters. The van der Waals surface area contributed by atoms with Crippen molar-refractivity contribution in [2.75, 3.05) is 18.1 Å². The third-order valence-corrected chi connectivity index (χ3v) is 3.70. The predicted molar refractivity (Wildman–Crippen MR) is 70.9 cm³/mol. The van der Waals surface area contributed by atoms with Gasteiger partial charge in [0.2, 0.25) is 0 Å². The normalized spacial score (nSPS) is 13.4. The van der Waals surface area contributed by atoms with Crippen molar-refractivity contribution in [3.63, 3.8) is 0 Å². The first-order valence-electron chi connectivity index (χ1n) is 5.74. The topological polar surface area (TPSA) is 72.2 Å². The molecule has 0 heterocycles. The lowest BCUT2D eigenvalue weighted by Crippen LogP contribution is -2.28. The predicted octanol–water partition coefficient (Wildman–Crippen LogP) is 1.63. The van der Waals surface area contributed by atoms with E-state index in [0.29, 0.717) is 11.4 Å². The molecule has 0 aliphatic heterocycles. The highest BCUT2D eigenvalue weighted by Crippen LogP contribution is 2.15. The minimum absolute atomic E-state index is 0.240. The zero-order valence-electron chi connectivity index (χ0n) is 10.3. The Morgan fingerprint density at radius 1 is 1.29 bits per heavy atom. The quantitative estimate of drug-likeness (QED) is 0.811. The van der Waals surface area contributed by atoms with E-state index in [2.05, 4.69) is 12.2 Å². The lowest BCUT2D eigenvalue weighted by molar-refractivity contribution is 0.602. The minimum atomic E-state index is -3.12. The number of sulfone groups is 1. The first-order valence-corrected chi connectivity index (χ1v) is 7.63. The van der Waals surface area contributed by atoms with Gasteiger partial charge in [-0.15, -0.1) is 0 Å². The lowest BCUT2D eigenvalue weighted by atomic mass is 10.1. The van der Waals surface area contributed by atoms with Crippen LogP contribution in [0.5, 0.6) is 0 Å². The van der Waals surface area contributed by atoms with E-state index in [9.17, 15) is 8.42 Å². The molecule has 1 aromatic carbocycles. The Morgan fingerprint density at radius 3 is 2.29 bits per heavy atom. The van der Waals surface area contributed by atoms with Crippen molar-refractivity contribution in [3.05, 3.63) is 24.3 Å². The van der Waals surface area contributed by atoms with Gasteiger partial charge in [-0.2, -0.15) is 0 Å². The molecule has 0 bridgehead atoms. The van der Waals surface area contributed by atoms with E-state index < -0.39 is 9.84 Å². The van der Waals surface area contributed by atoms with Gasteiger partial charge in [-0.05, 0) is 30.7 Å². The van der Waals surface area contributed by atoms with Crippen LogP contribution in [0.15, 0.2) is 29.2 Å². The summed E-state index contributed by atoms with van der Waals surface area (Å²) in [6.07, 6.45) is 3.27. The summed E-state index contributed by atoms with van der Waals surface area (Å²) in [7, 11) is -3.12. The first-order chi connectivity index (χ1) is 7.97. The molecule has 0 aliphatic rings. The molecule has 0 amide bonds. The van der Waals surface area contributed by atoms with Gasteiger partial charge in [0.15, 0.2) is 9.84 Å². The molecule has 0 radical (unpaired) electrons. The third kappa shape index (κ3) is 4.36. The van der Waals surface area contributed by atoms with Crippen LogP contribution in [0, 0.1) is 0 Å². The van der Waals surface area contributed by atoms with E-state index in [1.54, 1.807) is 24.3 Å². The Morgan fingerprint density at radius 2 is 1.88 bits per heavy atom. The monoisotopic (exact) mass is 256 g/mol. The maximum atomic E-state index is 11.3. The van der Waals surface area contributed by atoms with Crippen molar-refractivity contribution in [3.8, 4) is 0 Å². The highest BCUT2D eigenvalue weighted by molar-refractivity contribution is 7.90. The van der Waals surface area contributed by atoms with Crippen LogP contribution in [0.25, 0.3) is 0 Å². The molecular formula is C12H20N2O2S. The smallest absolute Gasteiger partial charge is 0.175 e. The van der Waals surface area contributed by atoms with Gasteiger partial charge < -0.3 is 11.1 Å². The summed E-state index contributed by atoms with van der Waals surface area (Å²) in [5.74, 6) is 0. The summed E-state index contributed by atoms with van der Waals surface area (Å²) in [6, 6.07) is 7.00. The summed E-state index contributed by atoms with van der Waals surface area (Å²) < 4.78 is 22.6. The molecule has 5 heteroatoms. The largest absolute Gasteiger partial charge is 0.381 e. The molecule has 0 fully saturated rings. The second-order valence-corrected chi connectivity index (χ2v) is 6.18. The number of nitrogens with one attached hydrogen (secondary N) is 1. The van der Waals surface area contributed by atoms with Crippen molar-refractivity contribution in [1.29, 1.82) is 0 Å². The molecule has 0 spiro atoms. The number of anilines is 1. The maximum Gasteiger partial charge on any atom is 0.175 e. The van der Waals surface area contributed by atoms with Crippen molar-refractivity contribution in [2.24, 2.45) is 5.73 Å². The van der Waals surface area contributed by atoms with Gasteiger partial charge in [-0.3, -0.25) is 0 Å². The van der Waals surface area contributed by atoms with Crippen LogP contribution >= 0.6 is 0 Å². The standard InChI is InChI=1S/C12H20N2O2S/c1-3-4-11(9-13)14-10-5-7-12(8-6-10)17(2,15)16/h5-8,11,14H,3-4,9,13H2,1-2H3. The number of rotatable bonds is 6. The SMILES string of the molecule is CCCC(CN)Nc1ccc(S(C)(=O)=O)cc1. The van der Waals surface area contributed by atoms with Gasteiger partial charge in [0, 0.05) is 24.5 Å². The van der Waals surface area contributed by atoms with Crippen molar-refractivity contribution >= 4 is 15.5 Å². The molecule has 0 aromatic heterocycles. The highest BCUT2D eigenvalue weighted by Gasteiger charge is 2.08. The molecule has 0 saturated heterocycles. The molecule has 1 atom stereocenters. The average Bonchev–Trinajstić information content (AvgIpc) is 2.28. The van der Waals surface area contributed by atoms with Crippen LogP contribution in [-0.2, 0) is 9.84 Å². The molecule has 0 aliphatic carbocycles. The molecule has 4 nitrogen and oxygen atoms in total. The molecule has 1 rings (SSSR count). The van der Waals surface area contributed by atoms with Gasteiger partial charge in [0.1, 0.15) is 0 Å². The van der Waals surface area contributed by atoms with Crippen LogP contribution < -0.4 is 11.1 Å². The summed E-state index contributed by atoms with van der Waals surface area (Å²) >= 11 is 0. The zero-order chi connectivity index (χ0) is 12.9. The average molecular weight is 256 g/mol. The van der Waals surface area contributed by atoms with E-state index in [4.69, 9.17) is 5.73 Å². The van der Waals surface area contributed by atoms with Gasteiger partial charge in [0.25, 0.3) is 0 Å². The van der Waals surface area contributed by atoms with Gasteiger partial charge in [-0.1, -0.05) is 13.3 Å². The van der Waals surface area contributed by atoms with E-state index in [-0.39, 0.29) is 6.04 Å². The minimum Gasteiger partial charge on any atom is -0.381 e. The third-order valence-electron chi connectivity index (χ3n) is 2.57. The Hall–Kier alpha value is -1.07. The fourth-order valence-corrected chi connectivity index (χ4v) is 2.26. The Bertz CT molecular complexity index is 440. The molecule has 0 saturated carbocycles. The fraction of sp³-hybridized carbons (Fsp3) is 0.500. The summed E-state index contributed by atoms with van der Waals surface area (Å²) in [6.45, 7) is 2.68. The van der Waals surface area contributed by atoms with E-state index in [1.165, 1.54) is 6.26 Å². The second-order valence-electron chi connectivity index (χ2n) is 4.16. The summed E-state index contributed by atoms with van der Waals surface area (Å²) in [5.41, 5.74) is 6.55. The van der Waals surface area contributed by atoms with E-state index in [0.717, 1.165) is 18.5 Å². The molecule has 96 valence electrons. The van der Waals surface area contributed by atoms with E-state index in [1.807, 2.05) is 0 Å². The molecular weight excluding hydrogens is 236 g/mol. The Balaban J connectivity index is 2.74. The van der Waals surface area contributed by atoms with Gasteiger partial charge in [-0.25, -0.2) is 8.42 Å². The van der Waals surface area contributed by atoms with Crippen LogP contribution in [-0.4, -0.2) is 27.3 Å². The Kier molecular flexibility index (Phi) is 4.96. The van der Waals surface area contributed by atoms with Gasteiger partial charge >= 0.3 is 0 Å². The lowest BCUT2D eigenvalue weighted by Gasteiger charge is -2.17. The van der Waals surface area contributed by atoms with Crippen molar-refractivity contribution in [2.45, 2.75) is 30.7 Å². The van der Waals surface area contributed by atoms with Crippen LogP contribution in [0.2, 0.25) is 0 Å². The molecule has 1 aromatic rings. The van der Waals surface area contributed by atoms with Gasteiger partial charge in [0.05, 0.1) is 4.90 Å². The van der Waals surface area contributed by atoms with Crippen LogP contribution in [0.1, 0.15) is 19.8 Å². The number of hydrogen-bond acceptors (Lipinski definition) is 4. The number of benzene rings is 1. The first kappa shape index (κ1) is 14.0. The second kappa shape index (κ2) is 6.02. The maximum absolute atomic E-state index is 11.3. The highest BCUT2D eigenvalue weighted by atomic mass is 32.2. The van der Waals surface area contributed by atoms with Crippen molar-refractivity contribution in [1.82, 2.24) is 0 Å².